The van der Waals surface area contributed by atoms with Crippen molar-refractivity contribution in [3.63, 3.8) is 0 Å². The van der Waals surface area contributed by atoms with Gasteiger partial charge in [0.15, 0.2) is 6.10 Å². The van der Waals surface area contributed by atoms with Crippen LogP contribution in [0.3, 0.4) is 0 Å². The quantitative estimate of drug-likeness (QED) is 0.608. The molecular formula is C23H27FN2O6S. The lowest BCUT2D eigenvalue weighted by Crippen LogP contribution is -2.47. The first-order chi connectivity index (χ1) is 15.8. The lowest BCUT2D eigenvalue weighted by molar-refractivity contribution is 0.0999. The van der Waals surface area contributed by atoms with E-state index in [1.54, 1.807) is 43.2 Å². The van der Waals surface area contributed by atoms with Crippen LogP contribution in [0.1, 0.15) is 18.4 Å². The molecule has 1 atom stereocenters. The highest BCUT2D eigenvalue weighted by molar-refractivity contribution is 7.89. The molecule has 1 amide bonds. The molecule has 2 fully saturated rings. The van der Waals surface area contributed by atoms with Gasteiger partial charge in [-0.15, -0.1) is 0 Å². The molecule has 4 rings (SSSR count). The van der Waals surface area contributed by atoms with Crippen LogP contribution in [0.15, 0.2) is 47.4 Å². The lowest BCUT2D eigenvalue weighted by atomic mass is 10.1. The van der Waals surface area contributed by atoms with Crippen molar-refractivity contribution in [3.8, 4) is 11.5 Å². The zero-order valence-electron chi connectivity index (χ0n) is 18.6. The molecular weight excluding hydrogens is 451 g/mol. The van der Waals surface area contributed by atoms with Gasteiger partial charge in [-0.1, -0.05) is 6.07 Å². The number of cyclic esters (lactones) is 1. The van der Waals surface area contributed by atoms with Crippen molar-refractivity contribution < 1.29 is 31.8 Å². The van der Waals surface area contributed by atoms with Crippen molar-refractivity contribution in [2.75, 3.05) is 33.4 Å². The summed E-state index contributed by atoms with van der Waals surface area (Å²) in [6.07, 6.45) is 0.140. The van der Waals surface area contributed by atoms with E-state index in [1.165, 1.54) is 16.4 Å². The standard InChI is InChI=1S/C23H27FN2O6S/c1-16-3-4-17(24)13-22(16)33(28,29)25-11-9-18(10-12-25)26-14-21(32-23(26)27)15-31-20-7-5-19(30-2)6-8-20/h3-8,13,18,21H,9-12,14-15H2,1-2H3. The van der Waals surface area contributed by atoms with E-state index in [9.17, 15) is 17.6 Å². The third-order valence-corrected chi connectivity index (χ3v) is 8.07. The summed E-state index contributed by atoms with van der Waals surface area (Å²) in [5.41, 5.74) is 0.501. The number of nitrogens with zero attached hydrogens (tertiary/aromatic N) is 2. The minimum Gasteiger partial charge on any atom is -0.497 e. The zero-order chi connectivity index (χ0) is 23.6. The Bertz CT molecular complexity index is 1100. The molecule has 2 aromatic rings. The minimum atomic E-state index is -3.80. The molecule has 33 heavy (non-hydrogen) atoms. The summed E-state index contributed by atoms with van der Waals surface area (Å²) in [5.74, 6) is 0.787. The van der Waals surface area contributed by atoms with Gasteiger partial charge in [0.2, 0.25) is 10.0 Å². The number of hydrogen-bond donors (Lipinski definition) is 0. The van der Waals surface area contributed by atoms with E-state index in [2.05, 4.69) is 0 Å². The van der Waals surface area contributed by atoms with Crippen LogP contribution in [0.25, 0.3) is 0 Å². The first kappa shape index (κ1) is 23.3. The highest BCUT2D eigenvalue weighted by Gasteiger charge is 2.39. The van der Waals surface area contributed by atoms with E-state index < -0.39 is 28.0 Å². The molecule has 2 aliphatic rings. The Morgan fingerprint density at radius 1 is 1.09 bits per heavy atom. The van der Waals surface area contributed by atoms with E-state index in [4.69, 9.17) is 14.2 Å². The van der Waals surface area contributed by atoms with Gasteiger partial charge >= 0.3 is 6.09 Å². The number of rotatable bonds is 7. The maximum absolute atomic E-state index is 13.6. The number of piperidine rings is 1. The average molecular weight is 479 g/mol. The monoisotopic (exact) mass is 478 g/mol. The Morgan fingerprint density at radius 3 is 2.42 bits per heavy atom. The van der Waals surface area contributed by atoms with Crippen molar-refractivity contribution in [1.29, 1.82) is 0 Å². The SMILES string of the molecule is COc1ccc(OCC2CN(C3CCN(S(=O)(=O)c4cc(F)ccc4C)CC3)C(=O)O2)cc1. The van der Waals surface area contributed by atoms with Crippen LogP contribution in [0.4, 0.5) is 9.18 Å². The highest BCUT2D eigenvalue weighted by atomic mass is 32.2. The van der Waals surface area contributed by atoms with Gasteiger partial charge in [-0.3, -0.25) is 0 Å². The van der Waals surface area contributed by atoms with Crippen LogP contribution in [-0.2, 0) is 14.8 Å². The van der Waals surface area contributed by atoms with E-state index >= 15 is 0 Å². The Balaban J connectivity index is 1.32. The Labute approximate surface area is 192 Å². The highest BCUT2D eigenvalue weighted by Crippen LogP contribution is 2.28. The van der Waals surface area contributed by atoms with Gasteiger partial charge in [0.1, 0.15) is 23.9 Å². The largest absolute Gasteiger partial charge is 0.497 e. The number of aryl methyl sites for hydroxylation is 1. The van der Waals surface area contributed by atoms with E-state index in [1.807, 2.05) is 0 Å². The predicted octanol–water partition coefficient (Wildman–Crippen LogP) is 3.20. The second-order valence-electron chi connectivity index (χ2n) is 8.19. The number of amides is 1. The van der Waals surface area contributed by atoms with E-state index in [-0.39, 0.29) is 30.6 Å². The molecule has 2 saturated heterocycles. The topological polar surface area (TPSA) is 85.4 Å². The molecule has 0 bridgehead atoms. The number of hydrogen-bond acceptors (Lipinski definition) is 6. The number of ether oxygens (including phenoxy) is 3. The molecule has 2 heterocycles. The maximum Gasteiger partial charge on any atom is 0.410 e. The molecule has 8 nitrogen and oxygen atoms in total. The molecule has 0 aromatic heterocycles. The molecule has 10 heteroatoms. The fourth-order valence-electron chi connectivity index (χ4n) is 4.17. The summed E-state index contributed by atoms with van der Waals surface area (Å²) in [5, 5.41) is 0. The second-order valence-corrected chi connectivity index (χ2v) is 10.1. The maximum atomic E-state index is 13.6. The average Bonchev–Trinajstić information content (AvgIpc) is 3.20. The van der Waals surface area contributed by atoms with Gasteiger partial charge in [-0.05, 0) is 61.7 Å². The van der Waals surface area contributed by atoms with Gasteiger partial charge in [0.25, 0.3) is 0 Å². The first-order valence-electron chi connectivity index (χ1n) is 10.8. The van der Waals surface area contributed by atoms with Crippen LogP contribution in [0, 0.1) is 12.7 Å². The third-order valence-electron chi connectivity index (χ3n) is 6.03. The third kappa shape index (κ3) is 5.06. The molecule has 0 saturated carbocycles. The fourth-order valence-corrected chi connectivity index (χ4v) is 5.88. The Hall–Kier alpha value is -2.85. The normalized spacial score (nSPS) is 20.0. The number of carbonyl (C=O) groups excluding carboxylic acids is 1. The number of sulfonamides is 1. The van der Waals surface area contributed by atoms with Crippen LogP contribution in [-0.4, -0.2) is 69.2 Å². The molecule has 2 aromatic carbocycles. The summed E-state index contributed by atoms with van der Waals surface area (Å²) in [6.45, 7) is 2.75. The van der Waals surface area contributed by atoms with Gasteiger partial charge in [0.05, 0.1) is 18.6 Å². The lowest BCUT2D eigenvalue weighted by Gasteiger charge is -2.35. The molecule has 1 unspecified atom stereocenters. The summed E-state index contributed by atoms with van der Waals surface area (Å²) in [6, 6.07) is 10.8. The number of methoxy groups -OCH3 is 1. The Kier molecular flexibility index (Phi) is 6.76. The molecule has 2 aliphatic heterocycles. The zero-order valence-corrected chi connectivity index (χ0v) is 19.4. The van der Waals surface area contributed by atoms with Gasteiger partial charge in [0, 0.05) is 19.1 Å². The summed E-state index contributed by atoms with van der Waals surface area (Å²) < 4.78 is 57.3. The second kappa shape index (κ2) is 9.56. The Morgan fingerprint density at radius 2 is 1.76 bits per heavy atom. The van der Waals surface area contributed by atoms with Crippen molar-refractivity contribution >= 4 is 16.1 Å². The number of benzene rings is 2. The van der Waals surface area contributed by atoms with Crippen LogP contribution < -0.4 is 9.47 Å². The molecule has 0 spiro atoms. The summed E-state index contributed by atoms with van der Waals surface area (Å²) in [7, 11) is -2.21. The fraction of sp³-hybridized carbons (Fsp3) is 0.435. The number of carbonyl (C=O) groups is 1. The number of halogens is 1. The van der Waals surface area contributed by atoms with E-state index in [0.717, 1.165) is 11.8 Å². The van der Waals surface area contributed by atoms with Crippen molar-refractivity contribution in [1.82, 2.24) is 9.21 Å². The molecule has 0 radical (unpaired) electrons. The van der Waals surface area contributed by atoms with Crippen molar-refractivity contribution in [3.05, 3.63) is 53.8 Å². The van der Waals surface area contributed by atoms with Gasteiger partial charge in [-0.2, -0.15) is 4.31 Å². The van der Waals surface area contributed by atoms with E-state index in [0.29, 0.717) is 30.7 Å². The molecule has 0 N–H and O–H groups in total. The van der Waals surface area contributed by atoms with Crippen LogP contribution >= 0.6 is 0 Å². The minimum absolute atomic E-state index is 0.0164. The first-order valence-corrected chi connectivity index (χ1v) is 12.2. The summed E-state index contributed by atoms with van der Waals surface area (Å²) >= 11 is 0. The molecule has 178 valence electrons. The van der Waals surface area contributed by atoms with Gasteiger partial charge in [-0.25, -0.2) is 17.6 Å². The predicted molar refractivity (Wildman–Crippen MR) is 118 cm³/mol. The van der Waals surface area contributed by atoms with Crippen molar-refractivity contribution in [2.45, 2.75) is 36.8 Å². The van der Waals surface area contributed by atoms with Crippen LogP contribution in [0.2, 0.25) is 0 Å². The van der Waals surface area contributed by atoms with Gasteiger partial charge < -0.3 is 19.1 Å². The smallest absolute Gasteiger partial charge is 0.410 e. The van der Waals surface area contributed by atoms with Crippen molar-refractivity contribution in [2.24, 2.45) is 0 Å². The summed E-state index contributed by atoms with van der Waals surface area (Å²) in [4.78, 5) is 14.1. The van der Waals surface area contributed by atoms with Crippen LogP contribution in [0.5, 0.6) is 11.5 Å². The molecule has 0 aliphatic carbocycles.